The molecule has 1 aliphatic rings. The normalized spacial score (nSPS) is 19.1. The zero-order chi connectivity index (χ0) is 17.7. The van der Waals surface area contributed by atoms with Crippen LogP contribution in [0.15, 0.2) is 12.1 Å². The van der Waals surface area contributed by atoms with E-state index < -0.39 is 0 Å². The SMILES string of the molecule is CCOc1cc(CN2CCC(=O)NC[C@@H]2C)c(Cl)cc1OC(C)C. The average Bonchev–Trinajstić information content (AvgIpc) is 2.66. The summed E-state index contributed by atoms with van der Waals surface area (Å²) in [6.45, 7) is 10.6. The Kier molecular flexibility index (Phi) is 6.75. The quantitative estimate of drug-likeness (QED) is 0.852. The number of rotatable bonds is 6. The van der Waals surface area contributed by atoms with E-state index in [9.17, 15) is 4.79 Å². The zero-order valence-corrected chi connectivity index (χ0v) is 15.7. The first-order valence-corrected chi connectivity index (χ1v) is 8.91. The van der Waals surface area contributed by atoms with Gasteiger partial charge in [0.15, 0.2) is 11.5 Å². The minimum Gasteiger partial charge on any atom is -0.490 e. The number of carbonyl (C=O) groups excluding carboxylic acids is 1. The molecule has 1 aromatic rings. The number of benzene rings is 1. The van der Waals surface area contributed by atoms with Crippen molar-refractivity contribution in [2.75, 3.05) is 19.7 Å². The van der Waals surface area contributed by atoms with Crippen LogP contribution in [0.5, 0.6) is 11.5 Å². The molecule has 24 heavy (non-hydrogen) atoms. The minimum absolute atomic E-state index is 0.0499. The fourth-order valence-electron chi connectivity index (χ4n) is 2.71. The second-order valence-electron chi connectivity index (χ2n) is 6.36. The Labute approximate surface area is 149 Å². The predicted molar refractivity (Wildman–Crippen MR) is 95.9 cm³/mol. The molecule has 1 N–H and O–H groups in total. The summed E-state index contributed by atoms with van der Waals surface area (Å²) in [6.07, 6.45) is 0.559. The third kappa shape index (κ3) is 5.02. The smallest absolute Gasteiger partial charge is 0.221 e. The first-order chi connectivity index (χ1) is 11.4. The van der Waals surface area contributed by atoms with Gasteiger partial charge in [-0.15, -0.1) is 0 Å². The van der Waals surface area contributed by atoms with Gasteiger partial charge in [0, 0.05) is 43.2 Å². The highest BCUT2D eigenvalue weighted by Gasteiger charge is 2.22. The summed E-state index contributed by atoms with van der Waals surface area (Å²) in [5.74, 6) is 1.48. The molecule has 1 amide bonds. The van der Waals surface area contributed by atoms with Crippen LogP contribution in [0.4, 0.5) is 0 Å². The molecule has 0 saturated carbocycles. The first-order valence-electron chi connectivity index (χ1n) is 8.53. The largest absolute Gasteiger partial charge is 0.490 e. The van der Waals surface area contributed by atoms with Crippen LogP contribution in [0.25, 0.3) is 0 Å². The van der Waals surface area contributed by atoms with Crippen molar-refractivity contribution in [3.8, 4) is 11.5 Å². The van der Waals surface area contributed by atoms with Crippen LogP contribution in [-0.2, 0) is 11.3 Å². The van der Waals surface area contributed by atoms with Gasteiger partial charge in [-0.3, -0.25) is 9.69 Å². The van der Waals surface area contributed by atoms with E-state index in [4.69, 9.17) is 21.1 Å². The maximum Gasteiger partial charge on any atom is 0.221 e. The molecular formula is C18H27ClN2O3. The lowest BCUT2D eigenvalue weighted by atomic mass is 10.1. The molecule has 1 saturated heterocycles. The van der Waals surface area contributed by atoms with E-state index in [0.717, 1.165) is 12.1 Å². The van der Waals surface area contributed by atoms with E-state index in [1.165, 1.54) is 0 Å². The number of carbonyl (C=O) groups is 1. The Bertz CT molecular complexity index is 578. The molecule has 1 aliphatic heterocycles. The standard InChI is InChI=1S/C18H27ClN2O3/c1-5-23-16-8-14(15(19)9-17(16)24-12(2)3)11-21-7-6-18(22)20-10-13(21)4/h8-9,12-13H,5-7,10-11H2,1-4H3,(H,20,22)/t13-/m0/s1. The van der Waals surface area contributed by atoms with E-state index >= 15 is 0 Å². The molecule has 134 valence electrons. The van der Waals surface area contributed by atoms with Gasteiger partial charge in [-0.2, -0.15) is 0 Å². The van der Waals surface area contributed by atoms with Crippen LogP contribution in [-0.4, -0.2) is 42.6 Å². The number of nitrogens with one attached hydrogen (secondary N) is 1. The fraction of sp³-hybridized carbons (Fsp3) is 0.611. The number of hydrogen-bond donors (Lipinski definition) is 1. The second kappa shape index (κ2) is 8.58. The molecule has 6 heteroatoms. The first kappa shape index (κ1) is 18.9. The lowest BCUT2D eigenvalue weighted by molar-refractivity contribution is -0.120. The Hall–Kier alpha value is -1.46. The van der Waals surface area contributed by atoms with Crippen molar-refractivity contribution in [1.29, 1.82) is 0 Å². The fourth-order valence-corrected chi connectivity index (χ4v) is 2.92. The third-order valence-corrected chi connectivity index (χ3v) is 4.34. The number of amides is 1. The van der Waals surface area contributed by atoms with Crippen LogP contribution < -0.4 is 14.8 Å². The van der Waals surface area contributed by atoms with Crippen molar-refractivity contribution >= 4 is 17.5 Å². The molecule has 1 fully saturated rings. The highest BCUT2D eigenvalue weighted by molar-refractivity contribution is 6.31. The topological polar surface area (TPSA) is 50.8 Å². The van der Waals surface area contributed by atoms with Crippen LogP contribution in [0.2, 0.25) is 5.02 Å². The molecule has 0 spiro atoms. The summed E-state index contributed by atoms with van der Waals surface area (Å²) in [4.78, 5) is 13.8. The van der Waals surface area contributed by atoms with Crippen molar-refractivity contribution in [2.45, 2.75) is 52.8 Å². The van der Waals surface area contributed by atoms with Gasteiger partial charge in [-0.25, -0.2) is 0 Å². The van der Waals surface area contributed by atoms with Crippen molar-refractivity contribution in [1.82, 2.24) is 10.2 Å². The molecule has 1 heterocycles. The van der Waals surface area contributed by atoms with E-state index in [2.05, 4.69) is 17.1 Å². The Balaban J connectivity index is 2.22. The Morgan fingerprint density at radius 1 is 1.38 bits per heavy atom. The van der Waals surface area contributed by atoms with E-state index in [1.54, 1.807) is 0 Å². The van der Waals surface area contributed by atoms with Gasteiger partial charge in [-0.1, -0.05) is 11.6 Å². The molecule has 1 aromatic carbocycles. The molecule has 2 rings (SSSR count). The summed E-state index contributed by atoms with van der Waals surface area (Å²) in [7, 11) is 0. The summed E-state index contributed by atoms with van der Waals surface area (Å²) in [5.41, 5.74) is 0.984. The number of hydrogen-bond acceptors (Lipinski definition) is 4. The molecule has 0 radical (unpaired) electrons. The van der Waals surface area contributed by atoms with E-state index in [0.29, 0.717) is 42.6 Å². The zero-order valence-electron chi connectivity index (χ0n) is 14.9. The molecular weight excluding hydrogens is 328 g/mol. The number of halogens is 1. The van der Waals surface area contributed by atoms with Gasteiger partial charge in [0.2, 0.25) is 5.91 Å². The Morgan fingerprint density at radius 2 is 2.12 bits per heavy atom. The molecule has 1 atom stereocenters. The van der Waals surface area contributed by atoms with Gasteiger partial charge < -0.3 is 14.8 Å². The predicted octanol–water partition coefficient (Wildman–Crippen LogP) is 3.24. The van der Waals surface area contributed by atoms with Gasteiger partial charge in [0.1, 0.15) is 0 Å². The third-order valence-electron chi connectivity index (χ3n) is 3.99. The minimum atomic E-state index is 0.0499. The maximum absolute atomic E-state index is 11.6. The lowest BCUT2D eigenvalue weighted by Gasteiger charge is -2.27. The number of nitrogens with zero attached hydrogens (tertiary/aromatic N) is 1. The Morgan fingerprint density at radius 3 is 2.79 bits per heavy atom. The van der Waals surface area contributed by atoms with Crippen molar-refractivity contribution in [3.05, 3.63) is 22.7 Å². The van der Waals surface area contributed by atoms with E-state index in [-0.39, 0.29) is 18.1 Å². The summed E-state index contributed by atoms with van der Waals surface area (Å²) < 4.78 is 11.5. The highest BCUT2D eigenvalue weighted by atomic mass is 35.5. The molecule has 0 aliphatic carbocycles. The van der Waals surface area contributed by atoms with Crippen molar-refractivity contribution in [3.63, 3.8) is 0 Å². The summed E-state index contributed by atoms with van der Waals surface area (Å²) in [5, 5.41) is 3.59. The van der Waals surface area contributed by atoms with E-state index in [1.807, 2.05) is 32.9 Å². The molecule has 0 bridgehead atoms. The number of ether oxygens (including phenoxy) is 2. The molecule has 0 aromatic heterocycles. The van der Waals surface area contributed by atoms with Gasteiger partial charge in [0.25, 0.3) is 0 Å². The average molecular weight is 355 g/mol. The van der Waals surface area contributed by atoms with Crippen LogP contribution in [0.1, 0.15) is 39.7 Å². The van der Waals surface area contributed by atoms with Gasteiger partial charge >= 0.3 is 0 Å². The van der Waals surface area contributed by atoms with Crippen LogP contribution in [0, 0.1) is 0 Å². The summed E-state index contributed by atoms with van der Waals surface area (Å²) in [6, 6.07) is 4.04. The van der Waals surface area contributed by atoms with Gasteiger partial charge in [0.05, 0.1) is 12.7 Å². The van der Waals surface area contributed by atoms with Crippen LogP contribution in [0.3, 0.4) is 0 Å². The molecule has 0 unspecified atom stereocenters. The van der Waals surface area contributed by atoms with Crippen LogP contribution >= 0.6 is 11.6 Å². The lowest BCUT2D eigenvalue weighted by Crippen LogP contribution is -2.37. The summed E-state index contributed by atoms with van der Waals surface area (Å²) >= 11 is 6.48. The van der Waals surface area contributed by atoms with Crippen molar-refractivity contribution < 1.29 is 14.3 Å². The van der Waals surface area contributed by atoms with Crippen molar-refractivity contribution in [2.24, 2.45) is 0 Å². The monoisotopic (exact) mass is 354 g/mol. The highest BCUT2D eigenvalue weighted by Crippen LogP contribution is 2.35. The second-order valence-corrected chi connectivity index (χ2v) is 6.77. The molecule has 5 nitrogen and oxygen atoms in total. The maximum atomic E-state index is 11.6. The van der Waals surface area contributed by atoms with Gasteiger partial charge in [-0.05, 0) is 39.3 Å².